The van der Waals surface area contributed by atoms with Crippen LogP contribution in [0.3, 0.4) is 0 Å². The van der Waals surface area contributed by atoms with E-state index in [4.69, 9.17) is 0 Å². The van der Waals surface area contributed by atoms with Crippen LogP contribution in [0, 0.1) is 13.8 Å². The molecule has 0 bridgehead atoms. The van der Waals surface area contributed by atoms with Crippen molar-refractivity contribution in [3.8, 4) is 28.0 Å². The Morgan fingerprint density at radius 1 is 0.609 bits per heavy atom. The fraction of sp³-hybridized carbons (Fsp3) is 0.176. The number of amides is 6. The molecule has 2 heterocycles. The molecule has 64 heavy (non-hydrogen) atoms. The summed E-state index contributed by atoms with van der Waals surface area (Å²) in [6.07, 6.45) is 1.03. The van der Waals surface area contributed by atoms with Crippen molar-refractivity contribution in [2.75, 3.05) is 7.05 Å². The minimum atomic E-state index is -0.377. The van der Waals surface area contributed by atoms with Crippen LogP contribution >= 0.6 is 23.5 Å². The summed E-state index contributed by atoms with van der Waals surface area (Å²) in [5, 5.41) is 15.7. The third kappa shape index (κ3) is 11.5. The first-order valence-electron chi connectivity index (χ1n) is 20.6. The number of hydrogen-bond donors (Lipinski definition) is 4. The van der Waals surface area contributed by atoms with Crippen LogP contribution in [0.4, 0.5) is 9.59 Å². The van der Waals surface area contributed by atoms with Crippen LogP contribution in [0.25, 0.3) is 22.3 Å². The quantitative estimate of drug-likeness (QED) is 0.0940. The molecule has 0 saturated carbocycles. The van der Waals surface area contributed by atoms with Crippen LogP contribution in [-0.4, -0.2) is 61.7 Å². The van der Waals surface area contributed by atoms with Gasteiger partial charge in [-0.25, -0.2) is 0 Å². The smallest absolute Gasteiger partial charge is 0.286 e. The number of aromatic hydroxyl groups is 1. The molecule has 2 atom stereocenters. The Morgan fingerprint density at radius 2 is 1.11 bits per heavy atom. The van der Waals surface area contributed by atoms with Crippen molar-refractivity contribution in [1.29, 1.82) is 0 Å². The average Bonchev–Trinajstić information content (AvgIpc) is 3.79. The lowest BCUT2D eigenvalue weighted by Gasteiger charge is -2.18. The van der Waals surface area contributed by atoms with Crippen LogP contribution in [-0.2, 0) is 35.5 Å². The highest BCUT2D eigenvalue weighted by Gasteiger charge is 2.32. The first kappa shape index (κ1) is 45.1. The molecule has 2 saturated heterocycles. The molecule has 324 valence electrons. The standard InChI is InChI=1S/C26H24N2O3S.C25H22N2O4S/c1-16-5-3-8-22(17(16)2)24(29)27-15-19-6-4-7-21(13-19)20-11-9-18(10-12-20)14-23-25(30)28-26(31)32-23;1-27(24(30)19-9-11-21(28)12-10-19)15-17-3-2-4-20(13-17)18-7-5-16(6-8-18)14-22-23(29)26-25(31)32-22/h3-13,23H,14-15H2,1-2H3,(H,27,29)(H,28,30,31);2-13,22,28H,14-15H2,1H3,(H,26,29,31). The molecular weight excluding hydrogens is 845 g/mol. The lowest BCUT2D eigenvalue weighted by atomic mass is 10.00. The van der Waals surface area contributed by atoms with E-state index in [0.29, 0.717) is 37.1 Å². The number of nitrogens with zero attached hydrogens (tertiary/aromatic N) is 1. The van der Waals surface area contributed by atoms with E-state index in [-0.39, 0.29) is 50.4 Å². The van der Waals surface area contributed by atoms with E-state index in [2.05, 4.69) is 28.1 Å². The Balaban J connectivity index is 0.000000191. The fourth-order valence-electron chi connectivity index (χ4n) is 7.30. The lowest BCUT2D eigenvalue weighted by molar-refractivity contribution is -0.119. The molecule has 6 aromatic carbocycles. The molecule has 6 amide bonds. The second kappa shape index (κ2) is 20.5. The zero-order valence-corrected chi connectivity index (χ0v) is 37.1. The van der Waals surface area contributed by atoms with Crippen LogP contribution in [0.15, 0.2) is 140 Å². The highest BCUT2D eigenvalue weighted by Crippen LogP contribution is 2.28. The summed E-state index contributed by atoms with van der Waals surface area (Å²) in [7, 11) is 1.75. The van der Waals surface area contributed by atoms with Gasteiger partial charge in [0.1, 0.15) is 5.75 Å². The highest BCUT2D eigenvalue weighted by atomic mass is 32.2. The van der Waals surface area contributed by atoms with Gasteiger partial charge in [0.2, 0.25) is 11.8 Å². The van der Waals surface area contributed by atoms with Gasteiger partial charge in [-0.05, 0) is 125 Å². The topological polar surface area (TPSA) is 162 Å². The number of aryl methyl sites for hydroxylation is 1. The van der Waals surface area contributed by atoms with Crippen molar-refractivity contribution < 1.29 is 33.9 Å². The number of carbonyl (C=O) groups excluding carboxylic acids is 6. The Hall–Kier alpha value is -6.96. The van der Waals surface area contributed by atoms with E-state index in [1.54, 1.807) is 24.1 Å². The normalized spacial score (nSPS) is 15.5. The summed E-state index contributed by atoms with van der Waals surface area (Å²) in [6, 6.07) is 44.0. The molecule has 8 rings (SSSR count). The molecule has 2 aliphatic heterocycles. The largest absolute Gasteiger partial charge is 0.508 e. The Kier molecular flexibility index (Phi) is 14.4. The van der Waals surface area contributed by atoms with E-state index in [9.17, 15) is 33.9 Å². The van der Waals surface area contributed by atoms with Gasteiger partial charge < -0.3 is 15.3 Å². The van der Waals surface area contributed by atoms with Crippen molar-refractivity contribution in [2.45, 2.75) is 50.3 Å². The maximum absolute atomic E-state index is 12.6. The molecule has 6 aromatic rings. The first-order valence-corrected chi connectivity index (χ1v) is 22.3. The second-order valence-electron chi connectivity index (χ2n) is 15.6. The molecule has 13 heteroatoms. The maximum atomic E-state index is 12.6. The van der Waals surface area contributed by atoms with Gasteiger partial charge in [0.15, 0.2) is 0 Å². The molecule has 11 nitrogen and oxygen atoms in total. The van der Waals surface area contributed by atoms with Crippen molar-refractivity contribution in [3.63, 3.8) is 0 Å². The minimum absolute atomic E-state index is 0.0757. The molecule has 2 aliphatic rings. The molecule has 4 N–H and O–H groups in total. The van der Waals surface area contributed by atoms with Crippen molar-refractivity contribution >= 4 is 57.6 Å². The molecular formula is C51H46N4O7S2. The molecule has 0 aromatic heterocycles. The Bertz CT molecular complexity index is 2720. The molecule has 2 fully saturated rings. The third-order valence-corrected chi connectivity index (χ3v) is 13.0. The summed E-state index contributed by atoms with van der Waals surface area (Å²) in [6.45, 7) is 4.86. The van der Waals surface area contributed by atoms with Gasteiger partial charge in [-0.1, -0.05) is 121 Å². The molecule has 0 aliphatic carbocycles. The van der Waals surface area contributed by atoms with E-state index in [1.165, 1.54) is 12.1 Å². The van der Waals surface area contributed by atoms with Gasteiger partial charge in [0.25, 0.3) is 22.3 Å². The Labute approximate surface area is 380 Å². The molecule has 0 spiro atoms. The number of rotatable bonds is 12. The van der Waals surface area contributed by atoms with E-state index in [0.717, 1.165) is 79.2 Å². The van der Waals surface area contributed by atoms with E-state index in [1.807, 2.05) is 117 Å². The number of nitrogens with one attached hydrogen (secondary N) is 3. The van der Waals surface area contributed by atoms with E-state index >= 15 is 0 Å². The second-order valence-corrected chi connectivity index (χ2v) is 18.0. The van der Waals surface area contributed by atoms with E-state index < -0.39 is 0 Å². The van der Waals surface area contributed by atoms with Gasteiger partial charge in [-0.15, -0.1) is 0 Å². The van der Waals surface area contributed by atoms with Crippen LogP contribution in [0.1, 0.15) is 54.1 Å². The van der Waals surface area contributed by atoms with Crippen molar-refractivity contribution in [2.24, 2.45) is 0 Å². The number of carbonyl (C=O) groups is 6. The lowest BCUT2D eigenvalue weighted by Crippen LogP contribution is -2.26. The zero-order chi connectivity index (χ0) is 45.3. The minimum Gasteiger partial charge on any atom is -0.508 e. The third-order valence-electron chi connectivity index (χ3n) is 11.0. The number of hydrogen-bond acceptors (Lipinski definition) is 9. The van der Waals surface area contributed by atoms with Gasteiger partial charge in [-0.2, -0.15) is 0 Å². The van der Waals surface area contributed by atoms with Crippen LogP contribution in [0.5, 0.6) is 5.75 Å². The number of phenolic OH excluding ortho intramolecular Hbond substituents is 1. The summed E-state index contributed by atoms with van der Waals surface area (Å²) in [4.78, 5) is 73.1. The maximum Gasteiger partial charge on any atom is 0.286 e. The van der Waals surface area contributed by atoms with Gasteiger partial charge in [0, 0.05) is 31.3 Å². The number of benzene rings is 6. The van der Waals surface area contributed by atoms with Gasteiger partial charge in [-0.3, -0.25) is 39.4 Å². The van der Waals surface area contributed by atoms with Gasteiger partial charge in [0.05, 0.1) is 10.5 Å². The predicted octanol–water partition coefficient (Wildman–Crippen LogP) is 9.02. The monoisotopic (exact) mass is 890 g/mol. The summed E-state index contributed by atoms with van der Waals surface area (Å²) >= 11 is 2.08. The first-order chi connectivity index (χ1) is 30.8. The summed E-state index contributed by atoms with van der Waals surface area (Å²) < 4.78 is 0. The molecule has 0 radical (unpaired) electrons. The zero-order valence-electron chi connectivity index (χ0n) is 35.4. The van der Waals surface area contributed by atoms with Gasteiger partial charge >= 0.3 is 0 Å². The number of imide groups is 2. The average molecular weight is 891 g/mol. The summed E-state index contributed by atoms with van der Waals surface area (Å²) in [5.74, 6) is -0.524. The van der Waals surface area contributed by atoms with Crippen molar-refractivity contribution in [1.82, 2.24) is 20.9 Å². The number of phenols is 1. The Morgan fingerprint density at radius 3 is 1.62 bits per heavy atom. The fourth-order valence-corrected chi connectivity index (χ4v) is 9.02. The van der Waals surface area contributed by atoms with Crippen LogP contribution in [0.2, 0.25) is 0 Å². The molecule has 2 unspecified atom stereocenters. The van der Waals surface area contributed by atoms with Crippen LogP contribution < -0.4 is 16.0 Å². The highest BCUT2D eigenvalue weighted by molar-refractivity contribution is 8.15. The number of thioether (sulfide) groups is 2. The summed E-state index contributed by atoms with van der Waals surface area (Å²) in [5.41, 5.74) is 11.5. The SMILES string of the molecule is CN(Cc1cccc(-c2ccc(CC3SC(=O)NC3=O)cc2)c1)C(=O)c1ccc(O)cc1.Cc1cccc(C(=O)NCc2cccc(-c3ccc(CC4SC(=O)NC4=O)cc3)c2)c1C. The predicted molar refractivity (Wildman–Crippen MR) is 252 cm³/mol. The van der Waals surface area contributed by atoms with Crippen molar-refractivity contribution in [3.05, 3.63) is 184 Å².